The molecule has 0 saturated carbocycles. The minimum Gasteiger partial charge on any atom is -0.370 e. The summed E-state index contributed by atoms with van der Waals surface area (Å²) in [6.45, 7) is 4.18. The second-order valence-electron chi connectivity index (χ2n) is 3.05. The summed E-state index contributed by atoms with van der Waals surface area (Å²) >= 11 is 0. The molecule has 1 fully saturated rings. The molecule has 1 aliphatic rings. The second kappa shape index (κ2) is 4.21. The fourth-order valence-electron chi connectivity index (χ4n) is 1.25. The first-order valence-corrected chi connectivity index (χ1v) is 3.79. The van der Waals surface area contributed by atoms with Gasteiger partial charge in [0.15, 0.2) is 5.96 Å². The second-order valence-corrected chi connectivity index (χ2v) is 3.05. The highest BCUT2D eigenvalue weighted by Crippen LogP contribution is 2.14. The third-order valence-corrected chi connectivity index (χ3v) is 2.12. The van der Waals surface area contributed by atoms with E-state index in [9.17, 15) is 0 Å². The molecule has 11 heavy (non-hydrogen) atoms. The maximum absolute atomic E-state index is 7.16. The van der Waals surface area contributed by atoms with Crippen molar-refractivity contribution in [2.45, 2.75) is 27.2 Å². The largest absolute Gasteiger partial charge is 0.370 e. The van der Waals surface area contributed by atoms with Gasteiger partial charge in [-0.2, -0.15) is 0 Å². The van der Waals surface area contributed by atoms with E-state index in [1.807, 2.05) is 4.90 Å². The quantitative estimate of drug-likeness (QED) is 0.410. The molecule has 0 bridgehead atoms. The number of nitrogens with one attached hydrogen (secondary N) is 1. The predicted octanol–water partition coefficient (Wildman–Crippen LogP) is 1.25. The van der Waals surface area contributed by atoms with Crippen LogP contribution in [0.2, 0.25) is 0 Å². The summed E-state index contributed by atoms with van der Waals surface area (Å²) in [6, 6.07) is 0. The van der Waals surface area contributed by atoms with Crippen molar-refractivity contribution < 1.29 is 0 Å². The topological polar surface area (TPSA) is 53.1 Å². The van der Waals surface area contributed by atoms with E-state index in [4.69, 9.17) is 11.1 Å². The Morgan fingerprint density at radius 2 is 1.91 bits per heavy atom. The SMILES string of the molecule is C.CC1CCN(C(=N)N)CC1. The summed E-state index contributed by atoms with van der Waals surface area (Å²) in [6.07, 6.45) is 2.36. The van der Waals surface area contributed by atoms with Crippen LogP contribution in [-0.4, -0.2) is 23.9 Å². The van der Waals surface area contributed by atoms with Gasteiger partial charge in [-0.05, 0) is 18.8 Å². The zero-order valence-electron chi connectivity index (χ0n) is 6.43. The van der Waals surface area contributed by atoms with Crippen LogP contribution in [0.5, 0.6) is 0 Å². The molecule has 1 rings (SSSR count). The number of nitrogens with zero attached hydrogens (tertiary/aromatic N) is 1. The van der Waals surface area contributed by atoms with Crippen molar-refractivity contribution in [3.63, 3.8) is 0 Å². The minimum absolute atomic E-state index is 0. The van der Waals surface area contributed by atoms with Crippen LogP contribution in [0.25, 0.3) is 0 Å². The fraction of sp³-hybridized carbons (Fsp3) is 0.875. The summed E-state index contributed by atoms with van der Waals surface area (Å²) < 4.78 is 0. The molecule has 0 aromatic carbocycles. The minimum atomic E-state index is 0. The Hall–Kier alpha value is -0.730. The lowest BCUT2D eigenvalue weighted by Gasteiger charge is -2.30. The summed E-state index contributed by atoms with van der Waals surface area (Å²) in [5.41, 5.74) is 5.32. The third-order valence-electron chi connectivity index (χ3n) is 2.12. The Balaban J connectivity index is 0.000001000. The van der Waals surface area contributed by atoms with E-state index >= 15 is 0 Å². The molecule has 0 spiro atoms. The van der Waals surface area contributed by atoms with Crippen LogP contribution in [0.4, 0.5) is 0 Å². The van der Waals surface area contributed by atoms with E-state index in [0.717, 1.165) is 19.0 Å². The molecule has 1 saturated heterocycles. The Bertz CT molecular complexity index is 125. The first kappa shape index (κ1) is 10.3. The van der Waals surface area contributed by atoms with Crippen LogP contribution in [0.15, 0.2) is 0 Å². The van der Waals surface area contributed by atoms with E-state index in [-0.39, 0.29) is 13.4 Å². The van der Waals surface area contributed by atoms with Gasteiger partial charge >= 0.3 is 0 Å². The molecule has 1 heterocycles. The van der Waals surface area contributed by atoms with Gasteiger partial charge in [-0.15, -0.1) is 0 Å². The molecule has 0 aromatic rings. The Labute approximate surface area is 69.1 Å². The standard InChI is InChI=1S/C7H15N3.CH4/c1-6-2-4-10(5-3-6)7(8)9;/h6H,2-5H2,1H3,(H3,8,9);1H4. The van der Waals surface area contributed by atoms with Gasteiger partial charge in [-0.1, -0.05) is 14.4 Å². The molecular formula is C8H19N3. The van der Waals surface area contributed by atoms with Crippen molar-refractivity contribution in [2.75, 3.05) is 13.1 Å². The molecule has 0 aromatic heterocycles. The van der Waals surface area contributed by atoms with Crippen molar-refractivity contribution in [1.82, 2.24) is 4.90 Å². The lowest BCUT2D eigenvalue weighted by molar-refractivity contribution is 0.277. The summed E-state index contributed by atoms with van der Waals surface area (Å²) in [5, 5.41) is 7.16. The number of guanidine groups is 1. The maximum Gasteiger partial charge on any atom is 0.188 e. The normalized spacial score (nSPS) is 19.2. The summed E-state index contributed by atoms with van der Waals surface area (Å²) in [7, 11) is 0. The third kappa shape index (κ3) is 2.78. The van der Waals surface area contributed by atoms with E-state index in [1.54, 1.807) is 0 Å². The van der Waals surface area contributed by atoms with Gasteiger partial charge in [0.25, 0.3) is 0 Å². The highest BCUT2D eigenvalue weighted by molar-refractivity contribution is 5.74. The lowest BCUT2D eigenvalue weighted by Crippen LogP contribution is -2.41. The number of hydrogen-bond acceptors (Lipinski definition) is 1. The zero-order chi connectivity index (χ0) is 7.56. The summed E-state index contributed by atoms with van der Waals surface area (Å²) in [4.78, 5) is 1.93. The molecule has 0 unspecified atom stereocenters. The van der Waals surface area contributed by atoms with Crippen LogP contribution in [0, 0.1) is 11.3 Å². The van der Waals surface area contributed by atoms with Gasteiger partial charge in [-0.3, -0.25) is 5.41 Å². The molecule has 0 amide bonds. The Morgan fingerprint density at radius 1 is 1.45 bits per heavy atom. The lowest BCUT2D eigenvalue weighted by atomic mass is 10.00. The Kier molecular flexibility index (Phi) is 3.93. The first-order chi connectivity index (χ1) is 4.70. The summed E-state index contributed by atoms with van der Waals surface area (Å²) in [5.74, 6) is 1.04. The highest BCUT2D eigenvalue weighted by Gasteiger charge is 2.15. The fourth-order valence-corrected chi connectivity index (χ4v) is 1.25. The molecule has 66 valence electrons. The Morgan fingerprint density at radius 3 is 2.27 bits per heavy atom. The van der Waals surface area contributed by atoms with Crippen molar-refractivity contribution in [3.8, 4) is 0 Å². The molecule has 3 heteroatoms. The first-order valence-electron chi connectivity index (χ1n) is 3.79. The van der Waals surface area contributed by atoms with Crippen molar-refractivity contribution in [2.24, 2.45) is 11.7 Å². The van der Waals surface area contributed by atoms with E-state index in [2.05, 4.69) is 6.92 Å². The molecule has 1 aliphatic heterocycles. The van der Waals surface area contributed by atoms with E-state index in [0.29, 0.717) is 0 Å². The molecule has 3 nitrogen and oxygen atoms in total. The average Bonchev–Trinajstić information content (AvgIpc) is 1.88. The molecule has 3 N–H and O–H groups in total. The zero-order valence-corrected chi connectivity index (χ0v) is 6.43. The molecule has 0 radical (unpaired) electrons. The van der Waals surface area contributed by atoms with Crippen molar-refractivity contribution >= 4 is 5.96 Å². The molecule has 0 aliphatic carbocycles. The van der Waals surface area contributed by atoms with Gasteiger partial charge in [0.2, 0.25) is 0 Å². The highest BCUT2D eigenvalue weighted by atomic mass is 15.2. The van der Waals surface area contributed by atoms with Gasteiger partial charge in [0.05, 0.1) is 0 Å². The smallest absolute Gasteiger partial charge is 0.188 e. The number of likely N-dealkylation sites (tertiary alicyclic amines) is 1. The van der Waals surface area contributed by atoms with Crippen LogP contribution >= 0.6 is 0 Å². The van der Waals surface area contributed by atoms with Gasteiger partial charge in [-0.25, -0.2) is 0 Å². The number of piperidine rings is 1. The van der Waals surface area contributed by atoms with Gasteiger partial charge in [0, 0.05) is 13.1 Å². The van der Waals surface area contributed by atoms with E-state index < -0.39 is 0 Å². The van der Waals surface area contributed by atoms with Crippen LogP contribution < -0.4 is 5.73 Å². The van der Waals surface area contributed by atoms with Gasteiger partial charge in [0.1, 0.15) is 0 Å². The predicted molar refractivity (Wildman–Crippen MR) is 48.6 cm³/mol. The number of hydrogen-bond donors (Lipinski definition) is 2. The van der Waals surface area contributed by atoms with Crippen molar-refractivity contribution in [3.05, 3.63) is 0 Å². The maximum atomic E-state index is 7.16. The molecule has 0 atom stereocenters. The van der Waals surface area contributed by atoms with Crippen LogP contribution in [-0.2, 0) is 0 Å². The monoisotopic (exact) mass is 157 g/mol. The number of rotatable bonds is 0. The molecular weight excluding hydrogens is 138 g/mol. The van der Waals surface area contributed by atoms with E-state index in [1.165, 1.54) is 12.8 Å². The van der Waals surface area contributed by atoms with Gasteiger partial charge < -0.3 is 10.6 Å². The van der Waals surface area contributed by atoms with Crippen LogP contribution in [0.3, 0.4) is 0 Å². The van der Waals surface area contributed by atoms with Crippen LogP contribution in [0.1, 0.15) is 27.2 Å². The van der Waals surface area contributed by atoms with Crippen molar-refractivity contribution in [1.29, 1.82) is 5.41 Å². The number of nitrogens with two attached hydrogens (primary N) is 1. The average molecular weight is 157 g/mol.